The van der Waals surface area contributed by atoms with Gasteiger partial charge in [0.2, 0.25) is 0 Å². The van der Waals surface area contributed by atoms with Crippen molar-refractivity contribution in [2.45, 2.75) is 58.0 Å². The van der Waals surface area contributed by atoms with E-state index in [4.69, 9.17) is 5.26 Å². The van der Waals surface area contributed by atoms with E-state index in [9.17, 15) is 9.90 Å². The normalized spacial score (nSPS) is 14.2. The van der Waals surface area contributed by atoms with Crippen molar-refractivity contribution in [1.29, 1.82) is 0 Å². The average molecular weight is 359 g/mol. The Balaban J connectivity index is 3.87. The number of carboxylic acids is 1. The van der Waals surface area contributed by atoms with Crippen LogP contribution in [0.25, 0.3) is 0 Å². The number of aliphatic carboxylic acids is 1. The van der Waals surface area contributed by atoms with Crippen LogP contribution in [0, 0.1) is 0 Å². The molecule has 0 unspecified atom stereocenters. The number of rotatable bonds is 15. The topological polar surface area (TPSA) is 69.6 Å². The summed E-state index contributed by atoms with van der Waals surface area (Å²) < 4.78 is 0. The Morgan fingerprint density at radius 3 is 2.19 bits per heavy atom. The van der Waals surface area contributed by atoms with Gasteiger partial charge in [0, 0.05) is 5.97 Å². The molecule has 0 aliphatic rings. The quantitative estimate of drug-likeness (QED) is 0.199. The van der Waals surface area contributed by atoms with Gasteiger partial charge in [-0.05, 0) is 44.9 Å². The van der Waals surface area contributed by atoms with Crippen LogP contribution in [0.5, 0.6) is 0 Å². The van der Waals surface area contributed by atoms with E-state index in [1.807, 2.05) is 54.7 Å². The Kier molecular flexibility index (Phi) is 17.6. The Morgan fingerprint density at radius 1 is 0.923 bits per heavy atom. The second-order valence-electron chi connectivity index (χ2n) is 5.60. The van der Waals surface area contributed by atoms with Gasteiger partial charge in [-0.1, -0.05) is 79.8 Å². The minimum atomic E-state index is -1.02. The van der Waals surface area contributed by atoms with Gasteiger partial charge in [-0.15, -0.1) is 0 Å². The van der Waals surface area contributed by atoms with Crippen LogP contribution in [0.15, 0.2) is 72.9 Å². The molecule has 0 fully saturated rings. The van der Waals surface area contributed by atoms with Gasteiger partial charge in [-0.25, -0.2) is 4.89 Å². The summed E-state index contributed by atoms with van der Waals surface area (Å²) in [6.45, 7) is 2.10. The lowest BCUT2D eigenvalue weighted by Gasteiger charge is -2.03. The first-order chi connectivity index (χ1) is 12.7. The highest BCUT2D eigenvalue weighted by Crippen LogP contribution is 2.02. The van der Waals surface area contributed by atoms with Gasteiger partial charge in [-0.2, -0.15) is 0 Å². The number of allylic oxidation sites excluding steroid dienone is 10. The van der Waals surface area contributed by atoms with Crippen LogP contribution in [0.1, 0.15) is 51.9 Å². The van der Waals surface area contributed by atoms with E-state index in [0.29, 0.717) is 12.8 Å². The molecule has 0 bridgehead atoms. The van der Waals surface area contributed by atoms with Gasteiger partial charge in [0.25, 0.3) is 0 Å². The fourth-order valence-corrected chi connectivity index (χ4v) is 1.93. The molecule has 0 saturated heterocycles. The second kappa shape index (κ2) is 19.2. The van der Waals surface area contributed by atoms with Crippen molar-refractivity contribution in [2.75, 3.05) is 0 Å². The monoisotopic (exact) mass is 359 g/mol. The van der Waals surface area contributed by atoms with E-state index in [1.54, 1.807) is 0 Å². The van der Waals surface area contributed by atoms with Crippen molar-refractivity contribution in [3.8, 4) is 0 Å². The van der Waals surface area contributed by atoms with Gasteiger partial charge >= 0.3 is 0 Å². The molecule has 4 heteroatoms. The summed E-state index contributed by atoms with van der Waals surface area (Å²) in [4.78, 5) is 14.7. The minimum absolute atomic E-state index is 0.0690. The summed E-state index contributed by atoms with van der Waals surface area (Å²) in [6, 6.07) is 0. The van der Waals surface area contributed by atoms with Gasteiger partial charge in [-0.3, -0.25) is 5.26 Å². The van der Waals surface area contributed by atoms with Gasteiger partial charge in [0.15, 0.2) is 0 Å². The first-order valence-electron chi connectivity index (χ1n) is 9.14. The second-order valence-corrected chi connectivity index (χ2v) is 5.60. The van der Waals surface area contributed by atoms with E-state index < -0.39 is 5.97 Å². The van der Waals surface area contributed by atoms with E-state index in [-0.39, 0.29) is 12.5 Å². The standard InChI is InChI=1S/C22H32O4/c1-2-3-4-5-12-15-18-21(26-25)19-16-13-10-8-6-7-9-11-14-17-20-22(23)24/h3-4,6-7,10-16,19,21,25H,2,5,8-9,17-18,20H2,1H3,(H,23,24)/p-1/b4-3-,7-6-,13-10-,14-11-,15-12-,19-16+/t21-/m0/s1. The largest absolute Gasteiger partial charge is 0.550 e. The zero-order valence-corrected chi connectivity index (χ0v) is 15.6. The van der Waals surface area contributed by atoms with Gasteiger partial charge in [0.05, 0.1) is 0 Å². The highest BCUT2D eigenvalue weighted by atomic mass is 17.1. The van der Waals surface area contributed by atoms with Gasteiger partial charge in [0.1, 0.15) is 6.10 Å². The Labute approximate surface area is 157 Å². The zero-order valence-electron chi connectivity index (χ0n) is 15.6. The molecule has 0 heterocycles. The molecule has 0 radical (unpaired) electrons. The maximum Gasteiger partial charge on any atom is 0.115 e. The first kappa shape index (κ1) is 23.8. The summed E-state index contributed by atoms with van der Waals surface area (Å²) in [5, 5.41) is 19.1. The van der Waals surface area contributed by atoms with Crippen LogP contribution in [-0.2, 0) is 9.68 Å². The third-order valence-electron chi connectivity index (χ3n) is 3.31. The van der Waals surface area contributed by atoms with Crippen molar-refractivity contribution < 1.29 is 20.0 Å². The summed E-state index contributed by atoms with van der Waals surface area (Å²) in [5.41, 5.74) is 0. The van der Waals surface area contributed by atoms with Crippen molar-refractivity contribution >= 4 is 5.97 Å². The molecule has 0 aromatic carbocycles. The van der Waals surface area contributed by atoms with Crippen molar-refractivity contribution in [3.63, 3.8) is 0 Å². The molecule has 0 rings (SSSR count). The summed E-state index contributed by atoms with van der Waals surface area (Å²) in [5.74, 6) is -1.02. The van der Waals surface area contributed by atoms with Crippen LogP contribution in [0.2, 0.25) is 0 Å². The molecular formula is C22H31O4-. The predicted octanol–water partition coefficient (Wildman–Crippen LogP) is 4.68. The van der Waals surface area contributed by atoms with Crippen LogP contribution < -0.4 is 5.11 Å². The van der Waals surface area contributed by atoms with Crippen molar-refractivity contribution in [3.05, 3.63) is 72.9 Å². The van der Waals surface area contributed by atoms with E-state index in [0.717, 1.165) is 25.7 Å². The lowest BCUT2D eigenvalue weighted by molar-refractivity contribution is -0.305. The molecule has 4 nitrogen and oxygen atoms in total. The Bertz CT molecular complexity index is 510. The molecule has 0 aliphatic heterocycles. The van der Waals surface area contributed by atoms with Gasteiger partial charge < -0.3 is 9.90 Å². The van der Waals surface area contributed by atoms with E-state index in [2.05, 4.69) is 30.0 Å². The maximum absolute atomic E-state index is 10.2. The number of carboxylic acid groups (broad SMARTS) is 1. The van der Waals surface area contributed by atoms with Crippen LogP contribution in [-0.4, -0.2) is 17.3 Å². The number of hydrogen-bond acceptors (Lipinski definition) is 4. The fourth-order valence-electron chi connectivity index (χ4n) is 1.93. The molecule has 0 amide bonds. The number of hydrogen-bond donors (Lipinski definition) is 1. The molecular weight excluding hydrogens is 328 g/mol. The molecule has 26 heavy (non-hydrogen) atoms. The smallest absolute Gasteiger partial charge is 0.115 e. The maximum atomic E-state index is 10.2. The summed E-state index contributed by atoms with van der Waals surface area (Å²) in [7, 11) is 0. The summed E-state index contributed by atoms with van der Waals surface area (Å²) >= 11 is 0. The molecule has 0 saturated carbocycles. The zero-order chi connectivity index (χ0) is 19.3. The first-order valence-corrected chi connectivity index (χ1v) is 9.14. The van der Waals surface area contributed by atoms with Crippen LogP contribution >= 0.6 is 0 Å². The lowest BCUT2D eigenvalue weighted by Crippen LogP contribution is -2.21. The van der Waals surface area contributed by atoms with E-state index in [1.165, 1.54) is 0 Å². The van der Waals surface area contributed by atoms with Crippen LogP contribution in [0.3, 0.4) is 0 Å². The molecule has 0 aliphatic carbocycles. The van der Waals surface area contributed by atoms with Crippen molar-refractivity contribution in [2.24, 2.45) is 0 Å². The molecule has 0 spiro atoms. The highest BCUT2D eigenvalue weighted by molar-refractivity contribution is 5.64. The number of carbonyl (C=O) groups is 1. The fraction of sp³-hybridized carbons (Fsp3) is 0.409. The van der Waals surface area contributed by atoms with Crippen LogP contribution in [0.4, 0.5) is 0 Å². The molecule has 0 aromatic rings. The Morgan fingerprint density at radius 2 is 1.54 bits per heavy atom. The van der Waals surface area contributed by atoms with E-state index >= 15 is 0 Å². The number of carbonyl (C=O) groups excluding carboxylic acids is 1. The SMILES string of the molecule is CC/C=C\C/C=C\C[C@@H](/C=C/C=C\C/C=C\C/C=C\CCC(=O)[O-])OO. The predicted molar refractivity (Wildman–Crippen MR) is 105 cm³/mol. The van der Waals surface area contributed by atoms with Crippen molar-refractivity contribution in [1.82, 2.24) is 0 Å². The highest BCUT2D eigenvalue weighted by Gasteiger charge is 1.99. The Hall–Kier alpha value is -2.17. The molecule has 1 N–H and O–H groups in total. The third kappa shape index (κ3) is 18.2. The minimum Gasteiger partial charge on any atom is -0.550 e. The average Bonchev–Trinajstić information content (AvgIpc) is 2.63. The third-order valence-corrected chi connectivity index (χ3v) is 3.31. The molecule has 144 valence electrons. The lowest BCUT2D eigenvalue weighted by atomic mass is 10.2. The summed E-state index contributed by atoms with van der Waals surface area (Å²) in [6.07, 6.45) is 28.2. The molecule has 1 atom stereocenters. The molecule has 0 aromatic heterocycles.